The molecule has 1 aliphatic heterocycles. The number of carbonyl (C=O) groups excluding carboxylic acids is 2. The first kappa shape index (κ1) is 20.2. The predicted octanol–water partition coefficient (Wildman–Crippen LogP) is 3.81. The van der Waals surface area contributed by atoms with Gasteiger partial charge >= 0.3 is 5.97 Å². The van der Waals surface area contributed by atoms with Crippen LogP contribution < -0.4 is 14.8 Å². The van der Waals surface area contributed by atoms with Gasteiger partial charge in [0, 0.05) is 9.75 Å². The van der Waals surface area contributed by atoms with Gasteiger partial charge in [-0.15, -0.1) is 11.3 Å². The second kappa shape index (κ2) is 8.65. The van der Waals surface area contributed by atoms with Crippen molar-refractivity contribution < 1.29 is 23.8 Å². The average molecular weight is 404 g/mol. The van der Waals surface area contributed by atoms with Gasteiger partial charge in [0.2, 0.25) is 0 Å². The summed E-state index contributed by atoms with van der Waals surface area (Å²) in [5.74, 6) is 0.713. The first-order valence-corrected chi connectivity index (χ1v) is 10.1. The summed E-state index contributed by atoms with van der Waals surface area (Å²) in [4.78, 5) is 26.5. The van der Waals surface area contributed by atoms with Gasteiger partial charge in [-0.1, -0.05) is 19.9 Å². The van der Waals surface area contributed by atoms with Crippen LogP contribution in [0.2, 0.25) is 0 Å². The van der Waals surface area contributed by atoms with Crippen molar-refractivity contribution in [1.82, 2.24) is 5.32 Å². The van der Waals surface area contributed by atoms with Crippen molar-refractivity contribution in [2.75, 3.05) is 19.8 Å². The topological polar surface area (TPSA) is 73.9 Å². The molecule has 0 saturated carbocycles. The van der Waals surface area contributed by atoms with Crippen LogP contribution in [0, 0.1) is 19.8 Å². The maximum Gasteiger partial charge on any atom is 0.339 e. The molecule has 0 unspecified atom stereocenters. The molecule has 1 aliphatic rings. The minimum Gasteiger partial charge on any atom is -0.486 e. The quantitative estimate of drug-likeness (QED) is 0.743. The fourth-order valence-corrected chi connectivity index (χ4v) is 4.06. The highest BCUT2D eigenvalue weighted by atomic mass is 32.1. The second-order valence-electron chi connectivity index (χ2n) is 7.10. The molecule has 0 radical (unpaired) electrons. The van der Waals surface area contributed by atoms with E-state index in [1.54, 1.807) is 6.07 Å². The number of fused-ring (bicyclic) bond motifs is 1. The number of ether oxygens (including phenoxy) is 3. The Morgan fingerprint density at radius 3 is 2.50 bits per heavy atom. The summed E-state index contributed by atoms with van der Waals surface area (Å²) in [6.45, 7) is 8.56. The molecule has 1 atom stereocenters. The van der Waals surface area contributed by atoms with Gasteiger partial charge in [0.25, 0.3) is 5.91 Å². The number of esters is 1. The number of hydrogen-bond acceptors (Lipinski definition) is 6. The van der Waals surface area contributed by atoms with Crippen LogP contribution in [0.15, 0.2) is 24.3 Å². The van der Waals surface area contributed by atoms with Gasteiger partial charge < -0.3 is 19.5 Å². The molecule has 0 saturated heterocycles. The van der Waals surface area contributed by atoms with E-state index >= 15 is 0 Å². The zero-order valence-corrected chi connectivity index (χ0v) is 17.4. The van der Waals surface area contributed by atoms with Gasteiger partial charge in [-0.05, 0) is 43.5 Å². The zero-order chi connectivity index (χ0) is 20.3. The highest BCUT2D eigenvalue weighted by Gasteiger charge is 2.22. The maximum atomic E-state index is 12.4. The number of thiophene rings is 1. The Morgan fingerprint density at radius 2 is 1.86 bits per heavy atom. The van der Waals surface area contributed by atoms with Gasteiger partial charge in [0.15, 0.2) is 18.1 Å². The van der Waals surface area contributed by atoms with Crippen LogP contribution in [0.5, 0.6) is 11.5 Å². The van der Waals surface area contributed by atoms with Crippen molar-refractivity contribution in [3.63, 3.8) is 0 Å². The lowest BCUT2D eigenvalue weighted by molar-refractivity contribution is -0.125. The van der Waals surface area contributed by atoms with Crippen molar-refractivity contribution in [3.05, 3.63) is 45.1 Å². The van der Waals surface area contributed by atoms with Crippen molar-refractivity contribution in [3.8, 4) is 11.5 Å². The third kappa shape index (κ3) is 4.65. The largest absolute Gasteiger partial charge is 0.486 e. The normalized spacial score (nSPS) is 13.9. The van der Waals surface area contributed by atoms with Crippen LogP contribution in [0.1, 0.15) is 45.6 Å². The fraction of sp³-hybridized carbons (Fsp3) is 0.429. The third-order valence-electron chi connectivity index (χ3n) is 4.50. The van der Waals surface area contributed by atoms with Crippen LogP contribution >= 0.6 is 11.3 Å². The van der Waals surface area contributed by atoms with E-state index in [-0.39, 0.29) is 24.5 Å². The van der Waals surface area contributed by atoms with E-state index in [1.807, 2.05) is 45.9 Å². The molecule has 1 N–H and O–H groups in total. The Balaban J connectivity index is 1.63. The van der Waals surface area contributed by atoms with E-state index in [0.717, 1.165) is 15.3 Å². The van der Waals surface area contributed by atoms with E-state index in [4.69, 9.17) is 14.2 Å². The van der Waals surface area contributed by atoms with Crippen LogP contribution in [0.3, 0.4) is 0 Å². The number of rotatable bonds is 6. The van der Waals surface area contributed by atoms with E-state index in [9.17, 15) is 9.59 Å². The monoisotopic (exact) mass is 403 g/mol. The second-order valence-corrected chi connectivity index (χ2v) is 8.56. The van der Waals surface area contributed by atoms with E-state index in [2.05, 4.69) is 5.32 Å². The molecule has 6 nitrogen and oxygen atoms in total. The summed E-state index contributed by atoms with van der Waals surface area (Å²) in [5, 5.41) is 2.96. The molecule has 2 aromatic rings. The lowest BCUT2D eigenvalue weighted by atomic mass is 9.95. The summed E-state index contributed by atoms with van der Waals surface area (Å²) in [5.41, 5.74) is 1.44. The first-order chi connectivity index (χ1) is 13.3. The van der Waals surface area contributed by atoms with Crippen molar-refractivity contribution in [2.45, 2.75) is 33.7 Å². The highest BCUT2D eigenvalue weighted by molar-refractivity contribution is 7.12. The Labute approximate surface area is 168 Å². The fourth-order valence-electron chi connectivity index (χ4n) is 3.15. The Morgan fingerprint density at radius 1 is 1.14 bits per heavy atom. The van der Waals surface area contributed by atoms with E-state index in [0.29, 0.717) is 30.3 Å². The molecule has 0 aliphatic carbocycles. The summed E-state index contributed by atoms with van der Waals surface area (Å²) in [6, 6.07) is 7.22. The molecule has 3 rings (SSSR count). The van der Waals surface area contributed by atoms with Crippen LogP contribution in [-0.2, 0) is 9.53 Å². The van der Waals surface area contributed by atoms with Crippen molar-refractivity contribution >= 4 is 23.2 Å². The maximum absolute atomic E-state index is 12.4. The molecule has 0 fully saturated rings. The minimum absolute atomic E-state index is 0.143. The Hall–Kier alpha value is -2.54. The van der Waals surface area contributed by atoms with Crippen LogP contribution in [-0.4, -0.2) is 31.7 Å². The standard InChI is InChI=1S/C21H25NO5S/c1-12(2)20(15-5-6-17-18(10-15)26-8-7-25-17)22-19(23)11-27-21(24)16-9-13(3)28-14(16)4/h5-6,9-10,12,20H,7-8,11H2,1-4H3,(H,22,23)/t20-/m0/s1. The Bertz CT molecular complexity index is 874. The number of benzene rings is 1. The van der Waals surface area contributed by atoms with Crippen molar-refractivity contribution in [1.29, 1.82) is 0 Å². The minimum atomic E-state index is -0.475. The first-order valence-electron chi connectivity index (χ1n) is 9.28. The number of nitrogens with one attached hydrogen (secondary N) is 1. The third-order valence-corrected chi connectivity index (χ3v) is 5.47. The van der Waals surface area contributed by atoms with Gasteiger partial charge in [0.05, 0.1) is 11.6 Å². The Kier molecular flexibility index (Phi) is 6.24. The molecule has 7 heteroatoms. The lowest BCUT2D eigenvalue weighted by Crippen LogP contribution is -2.35. The molecule has 1 aromatic heterocycles. The summed E-state index contributed by atoms with van der Waals surface area (Å²) in [7, 11) is 0. The molecule has 0 bridgehead atoms. The van der Waals surface area contributed by atoms with Crippen LogP contribution in [0.4, 0.5) is 0 Å². The average Bonchev–Trinajstić information content (AvgIpc) is 3.01. The van der Waals surface area contributed by atoms with Gasteiger partial charge in [-0.25, -0.2) is 4.79 Å². The molecule has 1 aromatic carbocycles. The summed E-state index contributed by atoms with van der Waals surface area (Å²) in [6.07, 6.45) is 0. The molecule has 1 amide bonds. The number of carbonyl (C=O) groups is 2. The van der Waals surface area contributed by atoms with Gasteiger partial charge in [-0.2, -0.15) is 0 Å². The SMILES string of the molecule is Cc1cc(C(=O)OCC(=O)N[C@H](c2ccc3c(c2)OCCO3)C(C)C)c(C)s1. The molecule has 2 heterocycles. The summed E-state index contributed by atoms with van der Waals surface area (Å²) >= 11 is 1.53. The highest BCUT2D eigenvalue weighted by Crippen LogP contribution is 2.34. The van der Waals surface area contributed by atoms with Crippen LogP contribution in [0.25, 0.3) is 0 Å². The smallest absolute Gasteiger partial charge is 0.339 e. The van der Waals surface area contributed by atoms with E-state index < -0.39 is 5.97 Å². The van der Waals surface area contributed by atoms with Gasteiger partial charge in [0.1, 0.15) is 13.2 Å². The molecular formula is C21H25NO5S. The lowest BCUT2D eigenvalue weighted by Gasteiger charge is -2.25. The molecule has 28 heavy (non-hydrogen) atoms. The van der Waals surface area contributed by atoms with Gasteiger partial charge in [-0.3, -0.25) is 4.79 Å². The molecule has 0 spiro atoms. The van der Waals surface area contributed by atoms with Crippen molar-refractivity contribution in [2.24, 2.45) is 5.92 Å². The molecular weight excluding hydrogens is 378 g/mol. The number of amides is 1. The van der Waals surface area contributed by atoms with E-state index in [1.165, 1.54) is 11.3 Å². The summed E-state index contributed by atoms with van der Waals surface area (Å²) < 4.78 is 16.4. The molecule has 150 valence electrons. The number of aryl methyl sites for hydroxylation is 2. The zero-order valence-electron chi connectivity index (χ0n) is 16.5. The number of hydrogen-bond donors (Lipinski definition) is 1. The predicted molar refractivity (Wildman–Crippen MR) is 107 cm³/mol.